The van der Waals surface area contributed by atoms with Crippen LogP contribution in [0.5, 0.6) is 0 Å². The van der Waals surface area contributed by atoms with E-state index in [-0.39, 0.29) is 24.2 Å². The highest BCUT2D eigenvalue weighted by Gasteiger charge is 2.20. The fraction of sp³-hybridized carbons (Fsp3) is 0.389. The summed E-state index contributed by atoms with van der Waals surface area (Å²) in [6.45, 7) is 2.26. The van der Waals surface area contributed by atoms with Crippen molar-refractivity contribution in [3.63, 3.8) is 0 Å². The Morgan fingerprint density at radius 1 is 1.32 bits per heavy atom. The van der Waals surface area contributed by atoms with Crippen LogP contribution in [0.15, 0.2) is 45.3 Å². The second-order valence-corrected chi connectivity index (χ2v) is 5.92. The molecule has 0 N–H and O–H groups in total. The Bertz CT molecular complexity index is 836. The standard InChI is InChI=1S/C18H20FN3O3/c1-2-21(15-6-4-3-5-7-15)16(23)12-22-18(24)25-17(20-22)13-8-10-14(19)11-9-13/h6,8-11H,2-5,7,12H2,1H3. The van der Waals surface area contributed by atoms with Crippen LogP contribution in [-0.2, 0) is 11.3 Å². The normalized spacial score (nSPS) is 14.2. The molecule has 0 unspecified atom stereocenters. The maximum absolute atomic E-state index is 13.0. The predicted octanol–water partition coefficient (Wildman–Crippen LogP) is 2.95. The number of hydrogen-bond donors (Lipinski definition) is 0. The first-order valence-electron chi connectivity index (χ1n) is 8.41. The van der Waals surface area contributed by atoms with Crippen molar-refractivity contribution in [2.45, 2.75) is 39.2 Å². The second kappa shape index (κ2) is 7.46. The molecule has 0 fully saturated rings. The summed E-state index contributed by atoms with van der Waals surface area (Å²) in [5.41, 5.74) is 1.49. The summed E-state index contributed by atoms with van der Waals surface area (Å²) < 4.78 is 19.1. The van der Waals surface area contributed by atoms with E-state index in [0.717, 1.165) is 36.1 Å². The number of hydrogen-bond acceptors (Lipinski definition) is 4. The van der Waals surface area contributed by atoms with Gasteiger partial charge in [-0.15, -0.1) is 5.10 Å². The highest BCUT2D eigenvalue weighted by molar-refractivity contribution is 5.77. The molecule has 2 aromatic rings. The third-order valence-electron chi connectivity index (χ3n) is 4.21. The number of likely N-dealkylation sites (N-methyl/N-ethyl adjacent to an activating group) is 1. The predicted molar refractivity (Wildman–Crippen MR) is 90.1 cm³/mol. The SMILES string of the molecule is CCN(C(=O)Cn1nc(-c2ccc(F)cc2)oc1=O)C1=CCCCC1. The van der Waals surface area contributed by atoms with Gasteiger partial charge in [0.2, 0.25) is 11.8 Å². The molecule has 0 saturated heterocycles. The molecule has 3 rings (SSSR count). The fourth-order valence-electron chi connectivity index (χ4n) is 2.93. The monoisotopic (exact) mass is 345 g/mol. The van der Waals surface area contributed by atoms with Crippen molar-refractivity contribution >= 4 is 5.91 Å². The van der Waals surface area contributed by atoms with E-state index >= 15 is 0 Å². The molecule has 0 bridgehead atoms. The minimum atomic E-state index is -0.707. The van der Waals surface area contributed by atoms with E-state index in [1.54, 1.807) is 4.90 Å². The molecule has 1 aliphatic rings. The number of benzene rings is 1. The molecule has 1 amide bonds. The van der Waals surface area contributed by atoms with Crippen molar-refractivity contribution in [3.05, 3.63) is 52.4 Å². The van der Waals surface area contributed by atoms with Gasteiger partial charge in [-0.3, -0.25) is 4.79 Å². The number of nitrogens with zero attached hydrogens (tertiary/aromatic N) is 3. The summed E-state index contributed by atoms with van der Waals surface area (Å²) >= 11 is 0. The summed E-state index contributed by atoms with van der Waals surface area (Å²) in [6, 6.07) is 5.46. The Labute approximate surface area is 144 Å². The molecule has 0 spiro atoms. The van der Waals surface area contributed by atoms with E-state index in [1.807, 2.05) is 6.92 Å². The van der Waals surface area contributed by atoms with Gasteiger partial charge in [0, 0.05) is 17.8 Å². The molecule has 25 heavy (non-hydrogen) atoms. The summed E-state index contributed by atoms with van der Waals surface area (Å²) in [6.07, 6.45) is 6.12. The van der Waals surface area contributed by atoms with Crippen LogP contribution in [0.25, 0.3) is 11.5 Å². The van der Waals surface area contributed by atoms with Crippen molar-refractivity contribution in [1.82, 2.24) is 14.7 Å². The number of allylic oxidation sites excluding steroid dienone is 2. The van der Waals surface area contributed by atoms with E-state index in [9.17, 15) is 14.0 Å². The van der Waals surface area contributed by atoms with Crippen LogP contribution in [0.3, 0.4) is 0 Å². The van der Waals surface area contributed by atoms with Crippen molar-refractivity contribution in [2.24, 2.45) is 0 Å². The number of rotatable bonds is 5. The van der Waals surface area contributed by atoms with Crippen LogP contribution in [0.4, 0.5) is 4.39 Å². The van der Waals surface area contributed by atoms with E-state index in [4.69, 9.17) is 4.42 Å². The average molecular weight is 345 g/mol. The third kappa shape index (κ3) is 3.87. The smallest absolute Gasteiger partial charge is 0.388 e. The molecular weight excluding hydrogens is 325 g/mol. The van der Waals surface area contributed by atoms with Gasteiger partial charge in [0.25, 0.3) is 0 Å². The van der Waals surface area contributed by atoms with Crippen molar-refractivity contribution in [2.75, 3.05) is 6.54 Å². The number of carbonyl (C=O) groups excluding carboxylic acids is 1. The first kappa shape index (κ1) is 17.1. The van der Waals surface area contributed by atoms with Crippen molar-refractivity contribution in [1.29, 1.82) is 0 Å². The fourth-order valence-corrected chi connectivity index (χ4v) is 2.93. The number of carbonyl (C=O) groups is 1. The first-order valence-corrected chi connectivity index (χ1v) is 8.41. The Morgan fingerprint density at radius 2 is 2.08 bits per heavy atom. The van der Waals surface area contributed by atoms with Crippen LogP contribution in [0.1, 0.15) is 32.6 Å². The van der Waals surface area contributed by atoms with Gasteiger partial charge in [-0.2, -0.15) is 4.68 Å². The molecule has 0 atom stereocenters. The second-order valence-electron chi connectivity index (χ2n) is 5.92. The van der Waals surface area contributed by atoms with Crippen molar-refractivity contribution in [3.8, 4) is 11.5 Å². The Balaban J connectivity index is 1.78. The zero-order valence-corrected chi connectivity index (χ0v) is 14.1. The van der Waals surface area contributed by atoms with Gasteiger partial charge >= 0.3 is 5.76 Å². The lowest BCUT2D eigenvalue weighted by molar-refractivity contribution is -0.130. The summed E-state index contributed by atoms with van der Waals surface area (Å²) in [5.74, 6) is -1.23. The van der Waals surface area contributed by atoms with Gasteiger partial charge in [0.05, 0.1) is 0 Å². The van der Waals surface area contributed by atoms with Crippen LogP contribution >= 0.6 is 0 Å². The van der Waals surface area contributed by atoms with Gasteiger partial charge in [0.15, 0.2) is 0 Å². The van der Waals surface area contributed by atoms with E-state index in [2.05, 4.69) is 11.2 Å². The molecular formula is C18H20FN3O3. The molecule has 0 saturated carbocycles. The van der Waals surface area contributed by atoms with Gasteiger partial charge in [-0.1, -0.05) is 6.08 Å². The van der Waals surface area contributed by atoms with Crippen molar-refractivity contribution < 1.29 is 13.6 Å². The largest absolute Gasteiger partial charge is 0.437 e. The summed E-state index contributed by atoms with van der Waals surface area (Å²) in [7, 11) is 0. The maximum atomic E-state index is 13.0. The van der Waals surface area contributed by atoms with Gasteiger partial charge < -0.3 is 9.32 Å². The molecule has 1 aliphatic carbocycles. The molecule has 1 aromatic heterocycles. The molecule has 132 valence electrons. The van der Waals surface area contributed by atoms with Crippen LogP contribution < -0.4 is 5.76 Å². The Kier molecular flexibility index (Phi) is 5.11. The van der Waals surface area contributed by atoms with Gasteiger partial charge in [0.1, 0.15) is 12.4 Å². The minimum Gasteiger partial charge on any atom is -0.388 e. The number of halogens is 1. The molecule has 7 heteroatoms. The summed E-state index contributed by atoms with van der Waals surface area (Å²) in [5, 5.41) is 4.06. The first-order chi connectivity index (χ1) is 12.1. The number of amides is 1. The highest BCUT2D eigenvalue weighted by Crippen LogP contribution is 2.21. The van der Waals surface area contributed by atoms with Crippen LogP contribution in [0.2, 0.25) is 0 Å². The highest BCUT2D eigenvalue weighted by atomic mass is 19.1. The molecule has 0 aliphatic heterocycles. The Morgan fingerprint density at radius 3 is 2.72 bits per heavy atom. The maximum Gasteiger partial charge on any atom is 0.437 e. The summed E-state index contributed by atoms with van der Waals surface area (Å²) in [4.78, 5) is 26.2. The third-order valence-corrected chi connectivity index (χ3v) is 4.21. The lowest BCUT2D eigenvalue weighted by atomic mass is 10.0. The average Bonchev–Trinajstić information content (AvgIpc) is 2.98. The molecule has 0 radical (unpaired) electrons. The van der Waals surface area contributed by atoms with E-state index < -0.39 is 5.76 Å². The molecule has 6 nitrogen and oxygen atoms in total. The van der Waals surface area contributed by atoms with Gasteiger partial charge in [-0.05, 0) is 56.9 Å². The lowest BCUT2D eigenvalue weighted by Crippen LogP contribution is -2.36. The van der Waals surface area contributed by atoms with Gasteiger partial charge in [-0.25, -0.2) is 9.18 Å². The molecule has 1 aromatic carbocycles. The zero-order chi connectivity index (χ0) is 17.8. The van der Waals surface area contributed by atoms with Crippen LogP contribution in [0, 0.1) is 5.82 Å². The van der Waals surface area contributed by atoms with E-state index in [0.29, 0.717) is 12.1 Å². The number of aromatic nitrogens is 2. The Hall–Kier alpha value is -2.70. The topological polar surface area (TPSA) is 68.3 Å². The van der Waals surface area contributed by atoms with E-state index in [1.165, 1.54) is 24.3 Å². The minimum absolute atomic E-state index is 0.0673. The van der Waals surface area contributed by atoms with Crippen LogP contribution in [-0.4, -0.2) is 27.1 Å². The molecule has 1 heterocycles. The zero-order valence-electron chi connectivity index (χ0n) is 14.1. The lowest BCUT2D eigenvalue weighted by Gasteiger charge is -2.26. The quantitative estimate of drug-likeness (QED) is 0.835.